The predicted octanol–water partition coefficient (Wildman–Crippen LogP) is 8.03. The number of carbonyl (C=O) groups excluding carboxylic acids is 1. The molecule has 1 heterocycles. The Morgan fingerprint density at radius 2 is 1.05 bits per heavy atom. The van der Waals surface area contributed by atoms with E-state index in [-0.39, 0.29) is 6.61 Å². The molecule has 326 valence electrons. The molecule has 0 aliphatic carbocycles. The van der Waals surface area contributed by atoms with Crippen LogP contribution in [0.3, 0.4) is 0 Å². The molecule has 8 atom stereocenters. The molecule has 0 aromatic heterocycles. The number of unbranched alkanes of at least 4 members (excludes halogenated alkanes) is 19. The summed E-state index contributed by atoms with van der Waals surface area (Å²) in [6.07, 6.45) is 34.8. The SMILES string of the molecule is CCCCC/C=C/CC/C=C/CC/C=C/C(O)C(COC1OC(CO)C(O)C(O)C1O)NC(=O)C(O)CCCCCCCC/C=C\CCCCCCCCCC. The van der Waals surface area contributed by atoms with Gasteiger partial charge in [-0.05, 0) is 70.6 Å². The summed E-state index contributed by atoms with van der Waals surface area (Å²) in [7, 11) is 0. The quantitative estimate of drug-likeness (QED) is 0.0245. The van der Waals surface area contributed by atoms with Crippen LogP contribution in [0.5, 0.6) is 0 Å². The van der Waals surface area contributed by atoms with Crippen molar-refractivity contribution in [2.24, 2.45) is 0 Å². The van der Waals surface area contributed by atoms with Crippen molar-refractivity contribution >= 4 is 5.91 Å². The fourth-order valence-corrected chi connectivity index (χ4v) is 6.72. The maximum Gasteiger partial charge on any atom is 0.249 e. The van der Waals surface area contributed by atoms with Crippen molar-refractivity contribution in [2.45, 2.75) is 223 Å². The molecule has 8 unspecified atom stereocenters. The molecule has 0 spiro atoms. The van der Waals surface area contributed by atoms with Crippen molar-refractivity contribution in [1.29, 1.82) is 0 Å². The number of aliphatic hydroxyl groups is 6. The van der Waals surface area contributed by atoms with E-state index in [4.69, 9.17) is 9.47 Å². The van der Waals surface area contributed by atoms with E-state index in [1.54, 1.807) is 6.08 Å². The van der Waals surface area contributed by atoms with Crippen molar-refractivity contribution in [3.05, 3.63) is 48.6 Å². The Bertz CT molecular complexity index is 1030. The molecule has 56 heavy (non-hydrogen) atoms. The number of hydrogen-bond donors (Lipinski definition) is 7. The zero-order chi connectivity index (χ0) is 41.1. The summed E-state index contributed by atoms with van der Waals surface area (Å²) in [6.45, 7) is 3.53. The van der Waals surface area contributed by atoms with Gasteiger partial charge in [-0.25, -0.2) is 0 Å². The highest BCUT2D eigenvalue weighted by Gasteiger charge is 2.44. The molecule has 0 aromatic rings. The van der Waals surface area contributed by atoms with E-state index < -0.39 is 61.5 Å². The minimum Gasteiger partial charge on any atom is -0.394 e. The summed E-state index contributed by atoms with van der Waals surface area (Å²) >= 11 is 0. The molecular weight excluding hydrogens is 711 g/mol. The van der Waals surface area contributed by atoms with Gasteiger partial charge in [-0.3, -0.25) is 4.79 Å². The van der Waals surface area contributed by atoms with Crippen molar-refractivity contribution in [1.82, 2.24) is 5.32 Å². The zero-order valence-corrected chi connectivity index (χ0v) is 35.2. The van der Waals surface area contributed by atoms with Crippen LogP contribution in [0.1, 0.15) is 174 Å². The van der Waals surface area contributed by atoms with Gasteiger partial charge in [0, 0.05) is 0 Å². The monoisotopic (exact) mass is 794 g/mol. The number of rotatable bonds is 36. The molecule has 0 saturated carbocycles. The Hall–Kier alpha value is -1.89. The third-order valence-corrected chi connectivity index (χ3v) is 10.5. The van der Waals surface area contributed by atoms with Gasteiger partial charge in [0.25, 0.3) is 0 Å². The molecule has 10 nitrogen and oxygen atoms in total. The van der Waals surface area contributed by atoms with Crippen molar-refractivity contribution in [3.8, 4) is 0 Å². The van der Waals surface area contributed by atoms with Crippen LogP contribution in [0, 0.1) is 0 Å². The zero-order valence-electron chi connectivity index (χ0n) is 35.2. The summed E-state index contributed by atoms with van der Waals surface area (Å²) in [4.78, 5) is 13.0. The molecule has 1 amide bonds. The van der Waals surface area contributed by atoms with E-state index in [0.717, 1.165) is 51.4 Å². The lowest BCUT2D eigenvalue weighted by Gasteiger charge is -2.40. The average molecular weight is 794 g/mol. The first-order valence-corrected chi connectivity index (χ1v) is 22.5. The first kappa shape index (κ1) is 52.1. The summed E-state index contributed by atoms with van der Waals surface area (Å²) in [5.41, 5.74) is 0. The summed E-state index contributed by atoms with van der Waals surface area (Å²) in [5.74, 6) is -0.638. The highest BCUT2D eigenvalue weighted by atomic mass is 16.7. The van der Waals surface area contributed by atoms with Crippen LogP contribution in [0.2, 0.25) is 0 Å². The lowest BCUT2D eigenvalue weighted by atomic mass is 9.99. The molecule has 0 aromatic carbocycles. The van der Waals surface area contributed by atoms with E-state index in [9.17, 15) is 35.4 Å². The van der Waals surface area contributed by atoms with Gasteiger partial charge in [-0.1, -0.05) is 152 Å². The Balaban J connectivity index is 2.45. The third kappa shape index (κ3) is 26.2. The van der Waals surface area contributed by atoms with E-state index in [2.05, 4.69) is 55.6 Å². The normalized spacial score (nSPS) is 22.2. The van der Waals surface area contributed by atoms with Gasteiger partial charge in [-0.15, -0.1) is 0 Å². The van der Waals surface area contributed by atoms with E-state index in [1.165, 1.54) is 89.9 Å². The van der Waals surface area contributed by atoms with E-state index >= 15 is 0 Å². The molecule has 10 heteroatoms. The molecule has 1 aliphatic heterocycles. The van der Waals surface area contributed by atoms with E-state index in [1.807, 2.05) is 6.08 Å². The average Bonchev–Trinajstić information content (AvgIpc) is 3.20. The van der Waals surface area contributed by atoms with Gasteiger partial charge in [-0.2, -0.15) is 0 Å². The molecule has 1 rings (SSSR count). The number of aliphatic hydroxyl groups excluding tert-OH is 6. The van der Waals surface area contributed by atoms with Gasteiger partial charge >= 0.3 is 0 Å². The first-order chi connectivity index (χ1) is 27.3. The highest BCUT2D eigenvalue weighted by molar-refractivity contribution is 5.80. The number of carbonyl (C=O) groups is 1. The largest absolute Gasteiger partial charge is 0.394 e. The van der Waals surface area contributed by atoms with Crippen LogP contribution in [-0.4, -0.2) is 98.7 Å². The smallest absolute Gasteiger partial charge is 0.249 e. The second-order valence-electron chi connectivity index (χ2n) is 15.6. The molecule has 7 N–H and O–H groups in total. The summed E-state index contributed by atoms with van der Waals surface area (Å²) in [5, 5.41) is 64.5. The van der Waals surface area contributed by atoms with Crippen LogP contribution in [0.25, 0.3) is 0 Å². The second kappa shape index (κ2) is 36.2. The maximum atomic E-state index is 13.0. The standard InChI is InChI=1S/C46H83NO9/c1-3-5-7-9-11-13-15-17-18-19-20-21-23-25-27-29-31-33-35-40(50)45(54)47-38(37-55-46-44(53)43(52)42(51)41(36-48)56-46)39(49)34-32-30-28-26-24-22-16-14-12-10-8-6-4-2/h12,14,19-20,24,26,32,34,38-44,46,48-53H,3-11,13,15-18,21-23,25,27-31,33,35-37H2,1-2H3,(H,47,54)/b14-12+,20-19-,26-24+,34-32+. The van der Waals surface area contributed by atoms with Crippen molar-refractivity contribution < 1.29 is 44.9 Å². The molecule has 0 radical (unpaired) electrons. The lowest BCUT2D eigenvalue weighted by Crippen LogP contribution is -2.60. The topological polar surface area (TPSA) is 169 Å². The van der Waals surface area contributed by atoms with Crippen LogP contribution in [0.15, 0.2) is 48.6 Å². The van der Waals surface area contributed by atoms with Gasteiger partial charge in [0.05, 0.1) is 25.4 Å². The first-order valence-electron chi connectivity index (χ1n) is 22.5. The second-order valence-corrected chi connectivity index (χ2v) is 15.6. The van der Waals surface area contributed by atoms with E-state index in [0.29, 0.717) is 19.3 Å². The number of hydrogen-bond acceptors (Lipinski definition) is 9. The number of nitrogens with one attached hydrogen (secondary N) is 1. The molecule has 1 saturated heterocycles. The maximum absolute atomic E-state index is 13.0. The Morgan fingerprint density at radius 3 is 1.59 bits per heavy atom. The highest BCUT2D eigenvalue weighted by Crippen LogP contribution is 2.22. The number of ether oxygens (including phenoxy) is 2. The number of allylic oxidation sites excluding steroid dienone is 7. The van der Waals surface area contributed by atoms with Crippen molar-refractivity contribution in [2.75, 3.05) is 13.2 Å². The fourth-order valence-electron chi connectivity index (χ4n) is 6.72. The van der Waals surface area contributed by atoms with Crippen LogP contribution >= 0.6 is 0 Å². The Morgan fingerprint density at radius 1 is 0.607 bits per heavy atom. The van der Waals surface area contributed by atoms with Crippen molar-refractivity contribution in [3.63, 3.8) is 0 Å². The molecular formula is C46H83NO9. The van der Waals surface area contributed by atoms with Gasteiger partial charge in [0.1, 0.15) is 30.5 Å². The van der Waals surface area contributed by atoms with Crippen LogP contribution in [0.4, 0.5) is 0 Å². The van der Waals surface area contributed by atoms with Gasteiger partial charge in [0.15, 0.2) is 6.29 Å². The summed E-state index contributed by atoms with van der Waals surface area (Å²) in [6, 6.07) is -1.00. The Kier molecular flexibility index (Phi) is 33.7. The molecule has 1 aliphatic rings. The molecule has 0 bridgehead atoms. The predicted molar refractivity (Wildman–Crippen MR) is 227 cm³/mol. The van der Waals surface area contributed by atoms with Crippen LogP contribution in [-0.2, 0) is 14.3 Å². The molecule has 1 fully saturated rings. The number of amides is 1. The Labute approximate surface area is 340 Å². The minimum atomic E-state index is -1.62. The summed E-state index contributed by atoms with van der Waals surface area (Å²) < 4.78 is 11.1. The van der Waals surface area contributed by atoms with Gasteiger partial charge < -0.3 is 45.4 Å². The van der Waals surface area contributed by atoms with Gasteiger partial charge in [0.2, 0.25) is 5.91 Å². The third-order valence-electron chi connectivity index (χ3n) is 10.5. The lowest BCUT2D eigenvalue weighted by molar-refractivity contribution is -0.302. The minimum absolute atomic E-state index is 0.292. The fraction of sp³-hybridized carbons (Fsp3) is 0.804. The van der Waals surface area contributed by atoms with Crippen LogP contribution < -0.4 is 5.32 Å².